The quantitative estimate of drug-likeness (QED) is 0.943. The molecule has 1 aromatic heterocycles. The fourth-order valence-electron chi connectivity index (χ4n) is 2.62. The molecule has 0 aliphatic carbocycles. The first-order valence-electron chi connectivity index (χ1n) is 7.65. The predicted octanol–water partition coefficient (Wildman–Crippen LogP) is 2.58. The van der Waals surface area contributed by atoms with E-state index in [2.05, 4.69) is 29.4 Å². The molecular weight excluding hydrogens is 292 g/mol. The number of carbonyl (C=O) groups excluding carboxylic acids is 1. The van der Waals surface area contributed by atoms with E-state index in [1.165, 1.54) is 7.11 Å². The second kappa shape index (κ2) is 6.24. The Morgan fingerprint density at radius 3 is 2.70 bits per heavy atom. The molecule has 1 aliphatic heterocycles. The molecule has 0 saturated heterocycles. The number of benzene rings is 1. The van der Waals surface area contributed by atoms with Gasteiger partial charge in [0.2, 0.25) is 5.88 Å². The number of nitrogens with zero attached hydrogens (tertiary/aromatic N) is 3. The van der Waals surface area contributed by atoms with Gasteiger partial charge < -0.3 is 15.0 Å². The van der Waals surface area contributed by atoms with Gasteiger partial charge in [-0.25, -0.2) is 0 Å². The summed E-state index contributed by atoms with van der Waals surface area (Å²) in [6, 6.07) is 11.3. The van der Waals surface area contributed by atoms with Crippen molar-refractivity contribution in [1.29, 1.82) is 0 Å². The Kier molecular flexibility index (Phi) is 4.14. The fourth-order valence-corrected chi connectivity index (χ4v) is 2.62. The van der Waals surface area contributed by atoms with E-state index in [0.29, 0.717) is 24.0 Å². The van der Waals surface area contributed by atoms with Gasteiger partial charge in [-0.15, -0.1) is 10.2 Å². The number of rotatable bonds is 3. The number of para-hydroxylation sites is 2. The normalized spacial score (nSPS) is 16.7. The van der Waals surface area contributed by atoms with E-state index in [-0.39, 0.29) is 11.9 Å². The van der Waals surface area contributed by atoms with Crippen molar-refractivity contribution < 1.29 is 9.53 Å². The van der Waals surface area contributed by atoms with Gasteiger partial charge in [0.05, 0.1) is 18.5 Å². The van der Waals surface area contributed by atoms with Crippen molar-refractivity contribution in [2.75, 3.05) is 23.9 Å². The number of nitrogens with one attached hydrogen (secondary N) is 1. The molecule has 1 N–H and O–H groups in total. The number of amides is 1. The van der Waals surface area contributed by atoms with E-state index in [0.717, 1.165) is 11.4 Å². The summed E-state index contributed by atoms with van der Waals surface area (Å²) < 4.78 is 4.99. The zero-order valence-corrected chi connectivity index (χ0v) is 13.5. The molecule has 1 aliphatic rings. The maximum absolute atomic E-state index is 12.9. The lowest BCUT2D eigenvalue weighted by atomic mass is 9.99. The topological polar surface area (TPSA) is 67.3 Å². The van der Waals surface area contributed by atoms with Gasteiger partial charge in [-0.3, -0.25) is 4.79 Å². The molecule has 0 radical (unpaired) electrons. The van der Waals surface area contributed by atoms with Crippen molar-refractivity contribution in [3.05, 3.63) is 42.1 Å². The molecule has 0 saturated carbocycles. The molecule has 0 bridgehead atoms. The average Bonchev–Trinajstić information content (AvgIpc) is 2.60. The van der Waals surface area contributed by atoms with Crippen molar-refractivity contribution in [3.63, 3.8) is 0 Å². The number of aromatic nitrogens is 2. The zero-order valence-electron chi connectivity index (χ0n) is 13.5. The van der Waals surface area contributed by atoms with E-state index in [9.17, 15) is 4.79 Å². The minimum Gasteiger partial charge on any atom is -0.480 e. The molecule has 1 unspecified atom stereocenters. The van der Waals surface area contributed by atoms with E-state index < -0.39 is 0 Å². The Hall–Kier alpha value is -2.63. The first kappa shape index (κ1) is 15.3. The summed E-state index contributed by atoms with van der Waals surface area (Å²) in [5.74, 6) is 0.641. The monoisotopic (exact) mass is 312 g/mol. The van der Waals surface area contributed by atoms with Crippen LogP contribution < -0.4 is 15.0 Å². The van der Waals surface area contributed by atoms with Crippen molar-refractivity contribution in [3.8, 4) is 5.88 Å². The number of anilines is 2. The second-order valence-electron chi connectivity index (χ2n) is 5.89. The zero-order chi connectivity index (χ0) is 16.4. The standard InChI is InChI=1S/C17H20N4O2/c1-11(2)14-10-21(15-7-5-4-6-12(15)18-14)17(22)13-8-9-16(23-3)20-19-13/h4-9,11,14,18H,10H2,1-3H3. The molecule has 6 nitrogen and oxygen atoms in total. The number of fused-ring (bicyclic) bond motifs is 1. The largest absolute Gasteiger partial charge is 0.480 e. The summed E-state index contributed by atoms with van der Waals surface area (Å²) in [5, 5.41) is 11.4. The van der Waals surface area contributed by atoms with Crippen LogP contribution in [0.4, 0.5) is 11.4 Å². The lowest BCUT2D eigenvalue weighted by Gasteiger charge is -2.37. The Morgan fingerprint density at radius 1 is 1.26 bits per heavy atom. The summed E-state index contributed by atoms with van der Waals surface area (Å²) in [6.45, 7) is 4.88. The van der Waals surface area contributed by atoms with E-state index >= 15 is 0 Å². The number of carbonyl (C=O) groups is 1. The highest BCUT2D eigenvalue weighted by Crippen LogP contribution is 2.33. The molecule has 1 aromatic carbocycles. The Morgan fingerprint density at radius 2 is 2.04 bits per heavy atom. The summed E-state index contributed by atoms with van der Waals surface area (Å²) in [4.78, 5) is 14.7. The van der Waals surface area contributed by atoms with Crippen LogP contribution in [0.5, 0.6) is 5.88 Å². The van der Waals surface area contributed by atoms with Gasteiger partial charge in [0.25, 0.3) is 5.91 Å². The summed E-state index contributed by atoms with van der Waals surface area (Å²) in [5.41, 5.74) is 2.14. The van der Waals surface area contributed by atoms with Gasteiger partial charge in [-0.05, 0) is 24.1 Å². The third-order valence-electron chi connectivity index (χ3n) is 4.03. The number of hydrogen-bond acceptors (Lipinski definition) is 5. The van der Waals surface area contributed by atoms with Crippen LogP contribution in [0.3, 0.4) is 0 Å². The van der Waals surface area contributed by atoms with Crippen molar-refractivity contribution >= 4 is 17.3 Å². The van der Waals surface area contributed by atoms with Gasteiger partial charge in [0.1, 0.15) is 0 Å². The molecule has 23 heavy (non-hydrogen) atoms. The first-order chi connectivity index (χ1) is 11.1. The third-order valence-corrected chi connectivity index (χ3v) is 4.03. The van der Waals surface area contributed by atoms with Crippen LogP contribution >= 0.6 is 0 Å². The van der Waals surface area contributed by atoms with E-state index in [1.807, 2.05) is 24.3 Å². The molecule has 0 fully saturated rings. The molecule has 6 heteroatoms. The van der Waals surface area contributed by atoms with Gasteiger partial charge in [0.15, 0.2) is 5.69 Å². The smallest absolute Gasteiger partial charge is 0.278 e. The second-order valence-corrected chi connectivity index (χ2v) is 5.89. The van der Waals surface area contributed by atoms with Gasteiger partial charge in [-0.2, -0.15) is 0 Å². The average molecular weight is 312 g/mol. The maximum atomic E-state index is 12.9. The Bertz CT molecular complexity index is 700. The van der Waals surface area contributed by atoms with Gasteiger partial charge in [0, 0.05) is 18.7 Å². The summed E-state index contributed by atoms with van der Waals surface area (Å²) in [7, 11) is 1.52. The highest BCUT2D eigenvalue weighted by molar-refractivity contribution is 6.07. The predicted molar refractivity (Wildman–Crippen MR) is 89.0 cm³/mol. The van der Waals surface area contributed by atoms with Crippen molar-refractivity contribution in [2.24, 2.45) is 5.92 Å². The molecule has 120 valence electrons. The Labute approximate surface area is 135 Å². The van der Waals surface area contributed by atoms with Crippen LogP contribution in [0.25, 0.3) is 0 Å². The minimum atomic E-state index is -0.153. The maximum Gasteiger partial charge on any atom is 0.278 e. The van der Waals surface area contributed by atoms with Crippen LogP contribution in [0.15, 0.2) is 36.4 Å². The molecule has 1 amide bonds. The van der Waals surface area contributed by atoms with Crippen LogP contribution in [-0.4, -0.2) is 35.8 Å². The highest BCUT2D eigenvalue weighted by Gasteiger charge is 2.30. The SMILES string of the molecule is COc1ccc(C(=O)N2CC(C(C)C)Nc3ccccc32)nn1. The van der Waals surface area contributed by atoms with Crippen LogP contribution in [0.1, 0.15) is 24.3 Å². The van der Waals surface area contributed by atoms with Gasteiger partial charge >= 0.3 is 0 Å². The molecule has 0 spiro atoms. The molecule has 2 aromatic rings. The van der Waals surface area contributed by atoms with Crippen molar-refractivity contribution in [1.82, 2.24) is 10.2 Å². The lowest BCUT2D eigenvalue weighted by molar-refractivity contribution is 0.0977. The molecule has 3 rings (SSSR count). The summed E-state index contributed by atoms with van der Waals surface area (Å²) in [6.07, 6.45) is 0. The fraction of sp³-hybridized carbons (Fsp3) is 0.353. The molecule has 1 atom stereocenters. The van der Waals surface area contributed by atoms with Gasteiger partial charge in [-0.1, -0.05) is 26.0 Å². The number of ether oxygens (including phenoxy) is 1. The van der Waals surface area contributed by atoms with E-state index in [1.54, 1.807) is 17.0 Å². The minimum absolute atomic E-state index is 0.153. The van der Waals surface area contributed by atoms with E-state index in [4.69, 9.17) is 4.74 Å². The third kappa shape index (κ3) is 2.97. The number of methoxy groups -OCH3 is 1. The molecule has 2 heterocycles. The Balaban J connectivity index is 1.94. The molecular formula is C17H20N4O2. The van der Waals surface area contributed by atoms with Crippen molar-refractivity contribution in [2.45, 2.75) is 19.9 Å². The number of hydrogen-bond donors (Lipinski definition) is 1. The van der Waals surface area contributed by atoms with Crippen LogP contribution in [0, 0.1) is 5.92 Å². The lowest BCUT2D eigenvalue weighted by Crippen LogP contribution is -2.47. The summed E-state index contributed by atoms with van der Waals surface area (Å²) >= 11 is 0. The van der Waals surface area contributed by atoms with Crippen LogP contribution in [-0.2, 0) is 0 Å². The highest BCUT2D eigenvalue weighted by atomic mass is 16.5. The van der Waals surface area contributed by atoms with Crippen LogP contribution in [0.2, 0.25) is 0 Å². The first-order valence-corrected chi connectivity index (χ1v) is 7.65.